The molecule has 0 bridgehead atoms. The lowest BCUT2D eigenvalue weighted by atomic mass is 10.1. The molecule has 2 rings (SSSR count). The predicted octanol–water partition coefficient (Wildman–Crippen LogP) is 2.60. The van der Waals surface area contributed by atoms with Gasteiger partial charge >= 0.3 is 11.8 Å². The smallest absolute Gasteiger partial charge is 0.309 e. The van der Waals surface area contributed by atoms with Gasteiger partial charge < -0.3 is 20.1 Å². The number of halogens is 1. The zero-order valence-electron chi connectivity index (χ0n) is 16.1. The van der Waals surface area contributed by atoms with E-state index in [2.05, 4.69) is 10.6 Å². The Kier molecular flexibility index (Phi) is 8.27. The van der Waals surface area contributed by atoms with Crippen LogP contribution >= 0.6 is 0 Å². The number of ether oxygens (including phenoxy) is 2. The molecule has 0 radical (unpaired) electrons. The second-order valence-corrected chi connectivity index (χ2v) is 5.96. The highest BCUT2D eigenvalue weighted by atomic mass is 19.1. The van der Waals surface area contributed by atoms with Crippen molar-refractivity contribution >= 4 is 11.8 Å². The first-order chi connectivity index (χ1) is 13.5. The third-order valence-electron chi connectivity index (χ3n) is 3.88. The van der Waals surface area contributed by atoms with Gasteiger partial charge in [0.1, 0.15) is 5.82 Å². The topological polar surface area (TPSA) is 76.7 Å². The van der Waals surface area contributed by atoms with Crippen LogP contribution in [0.4, 0.5) is 4.39 Å². The van der Waals surface area contributed by atoms with Crippen LogP contribution in [-0.2, 0) is 22.6 Å². The lowest BCUT2D eigenvalue weighted by Crippen LogP contribution is -2.40. The van der Waals surface area contributed by atoms with E-state index in [-0.39, 0.29) is 12.4 Å². The highest BCUT2D eigenvalue weighted by molar-refractivity contribution is 6.35. The molecule has 2 aromatic carbocycles. The quantitative estimate of drug-likeness (QED) is 0.648. The predicted molar refractivity (Wildman–Crippen MR) is 104 cm³/mol. The van der Waals surface area contributed by atoms with Crippen molar-refractivity contribution in [3.8, 4) is 11.5 Å². The van der Waals surface area contributed by atoms with Crippen LogP contribution in [-0.4, -0.2) is 31.6 Å². The van der Waals surface area contributed by atoms with Gasteiger partial charge in [-0.1, -0.05) is 18.2 Å². The van der Waals surface area contributed by atoms with Gasteiger partial charge in [-0.15, -0.1) is 0 Å². The zero-order chi connectivity index (χ0) is 20.4. The molecule has 0 saturated heterocycles. The Bertz CT molecular complexity index is 793. The van der Waals surface area contributed by atoms with E-state index < -0.39 is 11.8 Å². The van der Waals surface area contributed by atoms with Crippen molar-refractivity contribution in [2.24, 2.45) is 0 Å². The fraction of sp³-hybridized carbons (Fsp3) is 0.333. The number of nitrogens with one attached hydrogen (secondary N) is 2. The molecule has 150 valence electrons. The molecule has 2 amide bonds. The van der Waals surface area contributed by atoms with E-state index >= 15 is 0 Å². The Balaban J connectivity index is 1.79. The first-order valence-corrected chi connectivity index (χ1v) is 9.22. The van der Waals surface area contributed by atoms with Gasteiger partial charge in [0.15, 0.2) is 11.5 Å². The van der Waals surface area contributed by atoms with Crippen LogP contribution < -0.4 is 20.1 Å². The summed E-state index contributed by atoms with van der Waals surface area (Å²) in [7, 11) is 0. The van der Waals surface area contributed by atoms with Gasteiger partial charge in [-0.25, -0.2) is 4.39 Å². The van der Waals surface area contributed by atoms with E-state index in [4.69, 9.17) is 9.47 Å². The Hall–Kier alpha value is -3.09. The number of hydrogen-bond acceptors (Lipinski definition) is 4. The minimum absolute atomic E-state index is 0.156. The van der Waals surface area contributed by atoms with Crippen molar-refractivity contribution in [3.63, 3.8) is 0 Å². The van der Waals surface area contributed by atoms with Crippen LogP contribution in [0.3, 0.4) is 0 Å². The van der Waals surface area contributed by atoms with E-state index in [1.165, 1.54) is 12.1 Å². The molecular weight excluding hydrogens is 363 g/mol. The molecule has 0 fully saturated rings. The highest BCUT2D eigenvalue weighted by Gasteiger charge is 2.13. The summed E-state index contributed by atoms with van der Waals surface area (Å²) in [6.07, 6.45) is 0.545. The van der Waals surface area contributed by atoms with Crippen LogP contribution in [0.15, 0.2) is 42.5 Å². The molecule has 6 nitrogen and oxygen atoms in total. The second kappa shape index (κ2) is 10.9. The van der Waals surface area contributed by atoms with Crippen LogP contribution in [0.1, 0.15) is 25.0 Å². The number of benzene rings is 2. The summed E-state index contributed by atoms with van der Waals surface area (Å²) in [5.41, 5.74) is 1.67. The van der Waals surface area contributed by atoms with E-state index in [9.17, 15) is 14.0 Å². The van der Waals surface area contributed by atoms with Gasteiger partial charge in [0, 0.05) is 13.1 Å². The monoisotopic (exact) mass is 388 g/mol. The minimum atomic E-state index is -0.731. The molecule has 0 atom stereocenters. The fourth-order valence-electron chi connectivity index (χ4n) is 2.52. The summed E-state index contributed by atoms with van der Waals surface area (Å²) in [6.45, 7) is 5.33. The molecule has 0 aliphatic carbocycles. The standard InChI is InChI=1S/C21H25FN2O4/c1-3-27-18-10-7-15(13-19(18)28-4-2)11-12-23-20(25)21(26)24-14-16-5-8-17(22)9-6-16/h5-10,13H,3-4,11-12,14H2,1-2H3,(H,23,25)(H,24,26). The van der Waals surface area contributed by atoms with Crippen LogP contribution in [0, 0.1) is 5.82 Å². The van der Waals surface area contributed by atoms with Crippen LogP contribution in [0.2, 0.25) is 0 Å². The average Bonchev–Trinajstić information content (AvgIpc) is 2.69. The molecule has 7 heteroatoms. The fourth-order valence-corrected chi connectivity index (χ4v) is 2.52. The minimum Gasteiger partial charge on any atom is -0.490 e. The van der Waals surface area contributed by atoms with E-state index in [1.54, 1.807) is 12.1 Å². The zero-order valence-corrected chi connectivity index (χ0v) is 16.1. The summed E-state index contributed by atoms with van der Waals surface area (Å²) >= 11 is 0. The van der Waals surface area contributed by atoms with E-state index in [1.807, 2.05) is 32.0 Å². The van der Waals surface area contributed by atoms with Crippen LogP contribution in [0.25, 0.3) is 0 Å². The third-order valence-corrected chi connectivity index (χ3v) is 3.88. The maximum absolute atomic E-state index is 12.9. The third kappa shape index (κ3) is 6.57. The number of carbonyl (C=O) groups is 2. The lowest BCUT2D eigenvalue weighted by molar-refractivity contribution is -0.139. The second-order valence-electron chi connectivity index (χ2n) is 5.96. The summed E-state index contributed by atoms with van der Waals surface area (Å²) in [5, 5.41) is 5.09. The molecule has 0 spiro atoms. The highest BCUT2D eigenvalue weighted by Crippen LogP contribution is 2.28. The van der Waals surface area contributed by atoms with Crippen molar-refractivity contribution in [1.82, 2.24) is 10.6 Å². The van der Waals surface area contributed by atoms with Crippen molar-refractivity contribution in [1.29, 1.82) is 0 Å². The van der Waals surface area contributed by atoms with E-state index in [0.717, 1.165) is 5.56 Å². The first-order valence-electron chi connectivity index (χ1n) is 9.22. The molecule has 0 saturated carbocycles. The molecule has 28 heavy (non-hydrogen) atoms. The van der Waals surface area contributed by atoms with Crippen molar-refractivity contribution in [2.45, 2.75) is 26.8 Å². The summed E-state index contributed by atoms with van der Waals surface area (Å²) in [5.74, 6) is -0.457. The summed E-state index contributed by atoms with van der Waals surface area (Å²) in [4.78, 5) is 23.7. The molecule has 0 aliphatic rings. The molecular formula is C21H25FN2O4. The molecule has 2 aromatic rings. The Morgan fingerprint density at radius 2 is 1.46 bits per heavy atom. The van der Waals surface area contributed by atoms with Gasteiger partial charge in [-0.3, -0.25) is 9.59 Å². The Labute approximate surface area is 164 Å². The van der Waals surface area contributed by atoms with Gasteiger partial charge in [-0.05, 0) is 55.7 Å². The maximum atomic E-state index is 12.9. The number of hydrogen-bond donors (Lipinski definition) is 2. The normalized spacial score (nSPS) is 10.2. The number of carbonyl (C=O) groups excluding carboxylic acids is 2. The lowest BCUT2D eigenvalue weighted by Gasteiger charge is -2.12. The molecule has 2 N–H and O–H groups in total. The van der Waals surface area contributed by atoms with Crippen molar-refractivity contribution < 1.29 is 23.5 Å². The molecule has 0 unspecified atom stereocenters. The number of rotatable bonds is 9. The maximum Gasteiger partial charge on any atom is 0.309 e. The SMILES string of the molecule is CCOc1ccc(CCNC(=O)C(=O)NCc2ccc(F)cc2)cc1OCC. The van der Waals surface area contributed by atoms with Crippen molar-refractivity contribution in [3.05, 3.63) is 59.4 Å². The van der Waals surface area contributed by atoms with E-state index in [0.29, 0.717) is 43.2 Å². The molecule has 0 heterocycles. The van der Waals surface area contributed by atoms with Crippen molar-refractivity contribution in [2.75, 3.05) is 19.8 Å². The summed E-state index contributed by atoms with van der Waals surface area (Å²) in [6, 6.07) is 11.3. The van der Waals surface area contributed by atoms with Gasteiger partial charge in [0.2, 0.25) is 0 Å². The van der Waals surface area contributed by atoms with Gasteiger partial charge in [-0.2, -0.15) is 0 Å². The first kappa shape index (κ1) is 21.2. The molecule has 0 aromatic heterocycles. The Morgan fingerprint density at radius 3 is 2.14 bits per heavy atom. The van der Waals surface area contributed by atoms with Gasteiger partial charge in [0.25, 0.3) is 0 Å². The molecule has 0 aliphatic heterocycles. The van der Waals surface area contributed by atoms with Crippen LogP contribution in [0.5, 0.6) is 11.5 Å². The Morgan fingerprint density at radius 1 is 0.857 bits per heavy atom. The number of amides is 2. The largest absolute Gasteiger partial charge is 0.490 e. The van der Waals surface area contributed by atoms with Gasteiger partial charge in [0.05, 0.1) is 13.2 Å². The average molecular weight is 388 g/mol. The summed E-state index contributed by atoms with van der Waals surface area (Å²) < 4.78 is 24.0.